The molecule has 0 fully saturated rings. The molecule has 0 aliphatic rings. The van der Waals surface area contributed by atoms with Crippen molar-refractivity contribution < 1.29 is 29.0 Å². The Hall–Kier alpha value is -2.90. The number of hydrogen-bond donors (Lipinski definition) is 1. The number of aromatic carboxylic acids is 1. The number of carbonyl (C=O) groups excluding carboxylic acids is 3. The van der Waals surface area contributed by atoms with E-state index in [1.165, 1.54) is 29.2 Å². The summed E-state index contributed by atoms with van der Waals surface area (Å²) in [6.45, 7) is 5.42. The van der Waals surface area contributed by atoms with Crippen molar-refractivity contribution >= 4 is 52.5 Å². The van der Waals surface area contributed by atoms with Crippen LogP contribution in [-0.2, 0) is 25.7 Å². The number of nitrogens with zero attached hydrogens (tertiary/aromatic N) is 1. The molecule has 2 aromatic carbocycles. The summed E-state index contributed by atoms with van der Waals surface area (Å²) in [5, 5.41) is 9.76. The number of carbonyl (C=O) groups is 4. The number of esters is 1. The molecule has 0 atom stereocenters. The van der Waals surface area contributed by atoms with E-state index in [1.54, 1.807) is 25.1 Å². The first-order valence-electron chi connectivity index (χ1n) is 10.3. The zero-order chi connectivity index (χ0) is 24.8. The predicted molar refractivity (Wildman–Crippen MR) is 126 cm³/mol. The Morgan fingerprint density at radius 3 is 2.09 bits per heavy atom. The maximum absolute atomic E-state index is 13.1. The number of anilines is 1. The molecule has 0 radical (unpaired) electrons. The second kappa shape index (κ2) is 11.3. The highest BCUT2D eigenvalue weighted by molar-refractivity contribution is 6.42. The van der Waals surface area contributed by atoms with Crippen LogP contribution >= 0.6 is 23.2 Å². The Bertz CT molecular complexity index is 1050. The fraction of sp³-hybridized carbons (Fsp3) is 0.333. The van der Waals surface area contributed by atoms with Gasteiger partial charge in [-0.15, -0.1) is 0 Å². The van der Waals surface area contributed by atoms with Crippen LogP contribution in [0.2, 0.25) is 10.0 Å². The van der Waals surface area contributed by atoms with Gasteiger partial charge in [-0.05, 0) is 61.7 Å². The van der Waals surface area contributed by atoms with Crippen molar-refractivity contribution in [2.45, 2.75) is 52.2 Å². The molecule has 176 valence electrons. The van der Waals surface area contributed by atoms with Crippen LogP contribution in [0.4, 0.5) is 5.69 Å². The Morgan fingerprint density at radius 1 is 0.970 bits per heavy atom. The first-order valence-corrected chi connectivity index (χ1v) is 11.1. The van der Waals surface area contributed by atoms with Crippen molar-refractivity contribution in [1.29, 1.82) is 0 Å². The minimum atomic E-state index is -1.11. The molecule has 33 heavy (non-hydrogen) atoms. The molecule has 7 nitrogen and oxygen atoms in total. The molecule has 0 spiro atoms. The van der Waals surface area contributed by atoms with Crippen molar-refractivity contribution in [3.8, 4) is 0 Å². The number of carboxylic acids is 1. The van der Waals surface area contributed by atoms with Crippen LogP contribution in [0, 0.1) is 0 Å². The number of hydrogen-bond acceptors (Lipinski definition) is 5. The van der Waals surface area contributed by atoms with E-state index in [4.69, 9.17) is 33.0 Å². The van der Waals surface area contributed by atoms with Gasteiger partial charge in [0, 0.05) is 5.69 Å². The largest absolute Gasteiger partial charge is 0.478 e. The topological polar surface area (TPSA) is 101 Å². The highest BCUT2D eigenvalue weighted by Gasteiger charge is 2.30. The molecule has 0 aromatic heterocycles. The van der Waals surface area contributed by atoms with Gasteiger partial charge in [0.1, 0.15) is 5.60 Å². The zero-order valence-electron chi connectivity index (χ0n) is 18.6. The van der Waals surface area contributed by atoms with E-state index in [2.05, 4.69) is 0 Å². The molecule has 9 heteroatoms. The fourth-order valence-electron chi connectivity index (χ4n) is 2.91. The molecule has 0 unspecified atom stereocenters. The minimum Gasteiger partial charge on any atom is -0.478 e. The number of ether oxygens (including phenoxy) is 1. The SMILES string of the molecule is CCC(C)(CC)OC(=O)C(=O)CC(=O)N(Cc1ccc(Cl)c(Cl)c1)c1ccc(C(=O)O)cc1. The lowest BCUT2D eigenvalue weighted by Crippen LogP contribution is -2.37. The third-order valence-electron chi connectivity index (χ3n) is 5.43. The Labute approximate surface area is 202 Å². The van der Waals surface area contributed by atoms with E-state index in [1.807, 2.05) is 13.8 Å². The molecule has 0 aliphatic heterocycles. The maximum Gasteiger partial charge on any atom is 0.375 e. The average molecular weight is 494 g/mol. The first-order chi connectivity index (χ1) is 15.5. The number of rotatable bonds is 10. The molecule has 0 saturated carbocycles. The summed E-state index contributed by atoms with van der Waals surface area (Å²) < 4.78 is 5.32. The first kappa shape index (κ1) is 26.4. The van der Waals surface area contributed by atoms with Gasteiger partial charge in [-0.2, -0.15) is 0 Å². The van der Waals surface area contributed by atoms with E-state index in [-0.39, 0.29) is 12.1 Å². The maximum atomic E-state index is 13.1. The lowest BCUT2D eigenvalue weighted by Gasteiger charge is -2.27. The normalized spacial score (nSPS) is 11.1. The van der Waals surface area contributed by atoms with Gasteiger partial charge in [-0.1, -0.05) is 43.1 Å². The monoisotopic (exact) mass is 493 g/mol. The van der Waals surface area contributed by atoms with E-state index >= 15 is 0 Å². The summed E-state index contributed by atoms with van der Waals surface area (Å²) in [5.41, 5.74) is 0.227. The van der Waals surface area contributed by atoms with Crippen molar-refractivity contribution in [3.05, 3.63) is 63.6 Å². The molecule has 0 saturated heterocycles. The molecule has 2 aromatic rings. The molecule has 0 heterocycles. The second-order valence-electron chi connectivity index (χ2n) is 7.73. The zero-order valence-corrected chi connectivity index (χ0v) is 20.1. The van der Waals surface area contributed by atoms with Gasteiger partial charge in [-0.3, -0.25) is 9.59 Å². The van der Waals surface area contributed by atoms with Crippen LogP contribution in [0.15, 0.2) is 42.5 Å². The number of Topliss-reactive ketones (excluding diaryl/α,β-unsaturated/α-hetero) is 1. The van der Waals surface area contributed by atoms with E-state index in [0.29, 0.717) is 34.1 Å². The van der Waals surface area contributed by atoms with Crippen LogP contribution in [-0.4, -0.2) is 34.3 Å². The third kappa shape index (κ3) is 7.04. The second-order valence-corrected chi connectivity index (χ2v) is 8.54. The van der Waals surface area contributed by atoms with E-state index in [9.17, 15) is 19.2 Å². The van der Waals surface area contributed by atoms with E-state index < -0.39 is 35.7 Å². The van der Waals surface area contributed by atoms with Crippen LogP contribution in [0.3, 0.4) is 0 Å². The molecule has 2 rings (SSSR count). The summed E-state index contributed by atoms with van der Waals surface area (Å²) in [6.07, 6.45) is 0.343. The standard InChI is InChI=1S/C24H25Cl2NO6/c1-4-24(3,5-2)33-23(32)20(28)13-21(29)27(14-15-6-11-18(25)19(26)12-15)17-9-7-16(8-10-17)22(30)31/h6-12H,4-5,13-14H2,1-3H3,(H,30,31). The summed E-state index contributed by atoms with van der Waals surface area (Å²) >= 11 is 12.0. The fourth-order valence-corrected chi connectivity index (χ4v) is 3.23. The lowest BCUT2D eigenvalue weighted by molar-refractivity contribution is -0.166. The van der Waals surface area contributed by atoms with Gasteiger partial charge in [0.2, 0.25) is 11.7 Å². The molecular weight excluding hydrogens is 469 g/mol. The van der Waals surface area contributed by atoms with Gasteiger partial charge in [0.25, 0.3) is 0 Å². The molecule has 0 aliphatic carbocycles. The predicted octanol–water partition coefficient (Wildman–Crippen LogP) is 5.31. The molecular formula is C24H25Cl2NO6. The van der Waals surface area contributed by atoms with Crippen LogP contribution < -0.4 is 4.90 Å². The minimum absolute atomic E-state index is 0.0199. The Morgan fingerprint density at radius 2 is 1.58 bits per heavy atom. The van der Waals surface area contributed by atoms with Crippen molar-refractivity contribution in [2.75, 3.05) is 4.90 Å². The van der Waals surface area contributed by atoms with Gasteiger partial charge in [0.05, 0.1) is 28.6 Å². The summed E-state index contributed by atoms with van der Waals surface area (Å²) in [5.74, 6) is -3.79. The van der Waals surface area contributed by atoms with Crippen molar-refractivity contribution in [1.82, 2.24) is 0 Å². The van der Waals surface area contributed by atoms with Gasteiger partial charge in [0.15, 0.2) is 0 Å². The quantitative estimate of drug-likeness (QED) is 0.273. The lowest BCUT2D eigenvalue weighted by atomic mass is 10.00. The number of benzene rings is 2. The number of amides is 1. The highest BCUT2D eigenvalue weighted by atomic mass is 35.5. The summed E-state index contributed by atoms with van der Waals surface area (Å²) in [7, 11) is 0. The highest BCUT2D eigenvalue weighted by Crippen LogP contribution is 2.26. The molecule has 1 amide bonds. The molecule has 1 N–H and O–H groups in total. The Balaban J connectivity index is 2.28. The average Bonchev–Trinajstić information content (AvgIpc) is 2.79. The van der Waals surface area contributed by atoms with Crippen molar-refractivity contribution in [2.24, 2.45) is 0 Å². The summed E-state index contributed by atoms with van der Waals surface area (Å²) in [4.78, 5) is 50.2. The summed E-state index contributed by atoms with van der Waals surface area (Å²) in [6, 6.07) is 10.4. The molecule has 0 bridgehead atoms. The smallest absolute Gasteiger partial charge is 0.375 e. The Kier molecular flexibility index (Phi) is 9.02. The van der Waals surface area contributed by atoms with Crippen molar-refractivity contribution in [3.63, 3.8) is 0 Å². The number of ketones is 1. The van der Waals surface area contributed by atoms with Gasteiger partial charge < -0.3 is 14.7 Å². The van der Waals surface area contributed by atoms with Gasteiger partial charge in [-0.25, -0.2) is 9.59 Å². The van der Waals surface area contributed by atoms with E-state index in [0.717, 1.165) is 0 Å². The van der Waals surface area contributed by atoms with Crippen LogP contribution in [0.5, 0.6) is 0 Å². The number of carboxylic acid groups (broad SMARTS) is 1. The van der Waals surface area contributed by atoms with Crippen LogP contribution in [0.1, 0.15) is 56.0 Å². The van der Waals surface area contributed by atoms with Gasteiger partial charge >= 0.3 is 11.9 Å². The van der Waals surface area contributed by atoms with Crippen LogP contribution in [0.25, 0.3) is 0 Å². The third-order valence-corrected chi connectivity index (χ3v) is 6.17. The number of halogens is 2.